The van der Waals surface area contributed by atoms with Gasteiger partial charge in [0, 0.05) is 0 Å². The summed E-state index contributed by atoms with van der Waals surface area (Å²) in [4.78, 5) is 13.2. The van der Waals surface area contributed by atoms with Crippen LogP contribution in [0.5, 0.6) is 0 Å². The van der Waals surface area contributed by atoms with E-state index in [1.165, 1.54) is 26.4 Å². The molecular formula is C11H24N2O2. The standard InChI is InChI=1S/C11H24N2O2/c1-4-5-6-8-13(2)9-7-10(12)11(14)15-3/h10H,4-9,12H2,1-3H3. The Morgan fingerprint density at radius 2 is 2.07 bits per heavy atom. The van der Waals surface area contributed by atoms with Gasteiger partial charge in [0.05, 0.1) is 7.11 Å². The molecular weight excluding hydrogens is 192 g/mol. The normalized spacial score (nSPS) is 12.9. The van der Waals surface area contributed by atoms with Gasteiger partial charge in [-0.25, -0.2) is 0 Å². The van der Waals surface area contributed by atoms with Crippen molar-refractivity contribution in [2.45, 2.75) is 38.6 Å². The summed E-state index contributed by atoms with van der Waals surface area (Å²) in [6.45, 7) is 4.11. The van der Waals surface area contributed by atoms with Gasteiger partial charge in [0.15, 0.2) is 0 Å². The van der Waals surface area contributed by atoms with Crippen molar-refractivity contribution in [3.05, 3.63) is 0 Å². The van der Waals surface area contributed by atoms with E-state index in [-0.39, 0.29) is 5.97 Å². The van der Waals surface area contributed by atoms with Crippen LogP contribution in [0, 0.1) is 0 Å². The fourth-order valence-corrected chi connectivity index (χ4v) is 1.37. The predicted molar refractivity (Wildman–Crippen MR) is 61.6 cm³/mol. The Morgan fingerprint density at radius 1 is 1.40 bits per heavy atom. The Hall–Kier alpha value is -0.610. The summed E-state index contributed by atoms with van der Waals surface area (Å²) in [7, 11) is 3.42. The van der Waals surface area contributed by atoms with E-state index >= 15 is 0 Å². The molecule has 0 radical (unpaired) electrons. The zero-order valence-corrected chi connectivity index (χ0v) is 10.2. The predicted octanol–water partition coefficient (Wildman–Crippen LogP) is 0.999. The van der Waals surface area contributed by atoms with Crippen molar-refractivity contribution in [3.8, 4) is 0 Å². The maximum Gasteiger partial charge on any atom is 0.322 e. The van der Waals surface area contributed by atoms with Gasteiger partial charge in [0.2, 0.25) is 0 Å². The van der Waals surface area contributed by atoms with Gasteiger partial charge >= 0.3 is 5.97 Å². The molecule has 1 unspecified atom stereocenters. The molecule has 4 nitrogen and oxygen atoms in total. The molecule has 0 bridgehead atoms. The van der Waals surface area contributed by atoms with Crippen LogP contribution in [0.4, 0.5) is 0 Å². The molecule has 90 valence electrons. The van der Waals surface area contributed by atoms with E-state index in [4.69, 9.17) is 5.73 Å². The van der Waals surface area contributed by atoms with Crippen LogP contribution in [0.2, 0.25) is 0 Å². The first-order valence-corrected chi connectivity index (χ1v) is 5.63. The van der Waals surface area contributed by atoms with Crippen LogP contribution in [0.15, 0.2) is 0 Å². The number of esters is 1. The van der Waals surface area contributed by atoms with Crippen molar-refractivity contribution in [3.63, 3.8) is 0 Å². The highest BCUT2D eigenvalue weighted by Crippen LogP contribution is 1.99. The maximum absolute atomic E-state index is 11.0. The minimum absolute atomic E-state index is 0.322. The van der Waals surface area contributed by atoms with Gasteiger partial charge in [0.1, 0.15) is 6.04 Å². The Kier molecular flexibility index (Phi) is 8.33. The van der Waals surface area contributed by atoms with Crippen molar-refractivity contribution in [1.29, 1.82) is 0 Å². The monoisotopic (exact) mass is 216 g/mol. The molecule has 0 aliphatic carbocycles. The third-order valence-electron chi connectivity index (χ3n) is 2.47. The number of nitrogens with zero attached hydrogens (tertiary/aromatic N) is 1. The molecule has 0 aliphatic rings. The second kappa shape index (κ2) is 8.68. The molecule has 4 heteroatoms. The lowest BCUT2D eigenvalue weighted by molar-refractivity contribution is -0.142. The van der Waals surface area contributed by atoms with Crippen molar-refractivity contribution in [1.82, 2.24) is 4.90 Å². The van der Waals surface area contributed by atoms with Crippen LogP contribution >= 0.6 is 0 Å². The van der Waals surface area contributed by atoms with E-state index in [9.17, 15) is 4.79 Å². The third kappa shape index (κ3) is 7.33. The SMILES string of the molecule is CCCCCN(C)CCC(N)C(=O)OC. The first-order chi connectivity index (χ1) is 7.11. The second-order valence-electron chi connectivity index (χ2n) is 3.93. The van der Waals surface area contributed by atoms with E-state index in [0.29, 0.717) is 6.42 Å². The van der Waals surface area contributed by atoms with E-state index in [1.54, 1.807) is 0 Å². The van der Waals surface area contributed by atoms with Gasteiger partial charge in [-0.2, -0.15) is 0 Å². The molecule has 0 rings (SSSR count). The maximum atomic E-state index is 11.0. The minimum atomic E-state index is -0.483. The summed E-state index contributed by atoms with van der Waals surface area (Å²) in [6, 6.07) is -0.483. The lowest BCUT2D eigenvalue weighted by atomic mass is 10.2. The zero-order valence-electron chi connectivity index (χ0n) is 10.2. The van der Waals surface area contributed by atoms with E-state index in [1.807, 2.05) is 0 Å². The molecule has 0 aromatic rings. The van der Waals surface area contributed by atoms with Crippen LogP contribution < -0.4 is 5.73 Å². The molecule has 0 saturated heterocycles. The molecule has 0 saturated carbocycles. The minimum Gasteiger partial charge on any atom is -0.468 e. The second-order valence-corrected chi connectivity index (χ2v) is 3.93. The van der Waals surface area contributed by atoms with Gasteiger partial charge < -0.3 is 15.4 Å². The van der Waals surface area contributed by atoms with Gasteiger partial charge in [-0.1, -0.05) is 19.8 Å². The summed E-state index contributed by atoms with van der Waals surface area (Å²) >= 11 is 0. The quantitative estimate of drug-likeness (QED) is 0.486. The number of carbonyl (C=O) groups is 1. The molecule has 0 fully saturated rings. The number of methoxy groups -OCH3 is 1. The topological polar surface area (TPSA) is 55.6 Å². The van der Waals surface area contributed by atoms with Gasteiger partial charge in [-0.3, -0.25) is 4.79 Å². The summed E-state index contributed by atoms with van der Waals surface area (Å²) in [5.41, 5.74) is 5.63. The summed E-state index contributed by atoms with van der Waals surface area (Å²) in [5, 5.41) is 0. The van der Waals surface area contributed by atoms with Crippen LogP contribution in [0.1, 0.15) is 32.6 Å². The molecule has 0 amide bonds. The van der Waals surface area contributed by atoms with E-state index in [2.05, 4.69) is 23.6 Å². The molecule has 0 aliphatic heterocycles. The van der Waals surface area contributed by atoms with Crippen molar-refractivity contribution in [2.75, 3.05) is 27.2 Å². The zero-order chi connectivity index (χ0) is 11.7. The first kappa shape index (κ1) is 14.4. The molecule has 0 spiro atoms. The summed E-state index contributed by atoms with van der Waals surface area (Å²) in [5.74, 6) is -0.322. The number of ether oxygens (including phenoxy) is 1. The number of nitrogens with two attached hydrogens (primary N) is 1. The van der Waals surface area contributed by atoms with Crippen LogP contribution in [0.25, 0.3) is 0 Å². The van der Waals surface area contributed by atoms with Crippen molar-refractivity contribution in [2.24, 2.45) is 5.73 Å². The number of hydrogen-bond donors (Lipinski definition) is 1. The highest BCUT2D eigenvalue weighted by molar-refractivity contribution is 5.75. The number of hydrogen-bond acceptors (Lipinski definition) is 4. The fourth-order valence-electron chi connectivity index (χ4n) is 1.37. The Labute approximate surface area is 92.8 Å². The molecule has 0 aromatic carbocycles. The smallest absolute Gasteiger partial charge is 0.322 e. The Morgan fingerprint density at radius 3 is 2.60 bits per heavy atom. The summed E-state index contributed by atoms with van der Waals surface area (Å²) < 4.78 is 4.56. The molecule has 1 atom stereocenters. The van der Waals surface area contributed by atoms with Crippen LogP contribution in [-0.4, -0.2) is 44.2 Å². The Balaban J connectivity index is 3.52. The molecule has 0 aromatic heterocycles. The van der Waals surface area contributed by atoms with Gasteiger partial charge in [-0.05, 0) is 33.0 Å². The van der Waals surface area contributed by atoms with Gasteiger partial charge in [0.25, 0.3) is 0 Å². The number of unbranched alkanes of at least 4 members (excludes halogenated alkanes) is 2. The third-order valence-corrected chi connectivity index (χ3v) is 2.47. The van der Waals surface area contributed by atoms with E-state index in [0.717, 1.165) is 13.1 Å². The largest absolute Gasteiger partial charge is 0.468 e. The fraction of sp³-hybridized carbons (Fsp3) is 0.909. The number of rotatable bonds is 8. The average molecular weight is 216 g/mol. The van der Waals surface area contributed by atoms with Gasteiger partial charge in [-0.15, -0.1) is 0 Å². The average Bonchev–Trinajstić information content (AvgIpc) is 2.25. The Bertz CT molecular complexity index is 174. The molecule has 0 heterocycles. The highest BCUT2D eigenvalue weighted by Gasteiger charge is 2.13. The molecule has 15 heavy (non-hydrogen) atoms. The van der Waals surface area contributed by atoms with E-state index < -0.39 is 6.04 Å². The van der Waals surface area contributed by atoms with Crippen LogP contribution in [-0.2, 0) is 9.53 Å². The lowest BCUT2D eigenvalue weighted by Crippen LogP contribution is -2.35. The van der Waals surface area contributed by atoms with Crippen molar-refractivity contribution >= 4 is 5.97 Å². The van der Waals surface area contributed by atoms with Crippen molar-refractivity contribution < 1.29 is 9.53 Å². The lowest BCUT2D eigenvalue weighted by Gasteiger charge is -2.18. The number of carbonyl (C=O) groups excluding carboxylic acids is 1. The molecule has 2 N–H and O–H groups in total. The highest BCUT2D eigenvalue weighted by atomic mass is 16.5. The van der Waals surface area contributed by atoms with Crippen LogP contribution in [0.3, 0.4) is 0 Å². The first-order valence-electron chi connectivity index (χ1n) is 5.63. The summed E-state index contributed by atoms with van der Waals surface area (Å²) in [6.07, 6.45) is 4.36.